The number of hydrogen-bond donors (Lipinski definition) is 2. The predicted molar refractivity (Wildman–Crippen MR) is 123 cm³/mol. The molecule has 2 aromatic heterocycles. The van der Waals surface area contributed by atoms with Gasteiger partial charge in [-0.3, -0.25) is 0 Å². The van der Waals surface area contributed by atoms with Gasteiger partial charge in [-0.2, -0.15) is 0 Å². The van der Waals surface area contributed by atoms with Gasteiger partial charge in [-0.1, -0.05) is 17.7 Å². The quantitative estimate of drug-likeness (QED) is 0.711. The van der Waals surface area contributed by atoms with Crippen LogP contribution in [-0.4, -0.2) is 48.9 Å². The van der Waals surface area contributed by atoms with Crippen molar-refractivity contribution in [2.45, 2.75) is 50.6 Å². The monoisotopic (exact) mass is 429 g/mol. The Hall–Kier alpha value is -1.89. The molecule has 0 radical (unpaired) electrons. The van der Waals surface area contributed by atoms with E-state index >= 15 is 0 Å². The summed E-state index contributed by atoms with van der Waals surface area (Å²) in [5.74, 6) is 2.46. The highest BCUT2D eigenvalue weighted by molar-refractivity contribution is 6.33. The van der Waals surface area contributed by atoms with Gasteiger partial charge in [0.15, 0.2) is 0 Å². The number of nitrogens with one attached hydrogen (secondary N) is 1. The predicted octanol–water partition coefficient (Wildman–Crippen LogP) is 4.34. The second kappa shape index (κ2) is 9.94. The molecule has 0 amide bonds. The molecular formula is C23H32ClN5O. The lowest BCUT2D eigenvalue weighted by atomic mass is 9.92. The molecule has 0 atom stereocenters. The first-order valence-corrected chi connectivity index (χ1v) is 11.4. The van der Waals surface area contributed by atoms with Crippen molar-refractivity contribution in [3.8, 4) is 11.3 Å². The van der Waals surface area contributed by atoms with Crippen LogP contribution in [0.4, 0.5) is 11.6 Å². The van der Waals surface area contributed by atoms with Crippen molar-refractivity contribution < 1.29 is 4.74 Å². The van der Waals surface area contributed by atoms with Crippen LogP contribution >= 0.6 is 11.6 Å². The molecule has 30 heavy (non-hydrogen) atoms. The zero-order valence-electron chi connectivity index (χ0n) is 17.7. The molecule has 0 bridgehead atoms. The number of nitrogens with two attached hydrogens (primary N) is 1. The molecule has 3 heterocycles. The van der Waals surface area contributed by atoms with E-state index in [9.17, 15) is 0 Å². The van der Waals surface area contributed by atoms with Crippen LogP contribution in [0.1, 0.15) is 38.5 Å². The van der Waals surface area contributed by atoms with E-state index in [0.717, 1.165) is 81.2 Å². The van der Waals surface area contributed by atoms with Crippen LogP contribution in [0.2, 0.25) is 5.02 Å². The fraction of sp³-hybridized carbons (Fsp3) is 0.565. The first-order chi connectivity index (χ1) is 14.6. The summed E-state index contributed by atoms with van der Waals surface area (Å²) in [5.41, 5.74) is 7.80. The Balaban J connectivity index is 1.48. The van der Waals surface area contributed by atoms with Crippen molar-refractivity contribution in [1.82, 2.24) is 9.97 Å². The topological polar surface area (TPSA) is 76.3 Å². The van der Waals surface area contributed by atoms with Gasteiger partial charge in [-0.25, -0.2) is 9.97 Å². The summed E-state index contributed by atoms with van der Waals surface area (Å²) < 4.78 is 5.48. The Labute approximate surface area is 184 Å². The van der Waals surface area contributed by atoms with Crippen molar-refractivity contribution in [1.29, 1.82) is 0 Å². The van der Waals surface area contributed by atoms with Crippen LogP contribution in [0.15, 0.2) is 30.5 Å². The molecule has 0 unspecified atom stereocenters. The number of halogens is 1. The van der Waals surface area contributed by atoms with E-state index in [2.05, 4.69) is 28.3 Å². The first-order valence-electron chi connectivity index (χ1n) is 11.0. The van der Waals surface area contributed by atoms with Gasteiger partial charge in [-0.15, -0.1) is 0 Å². The molecule has 1 saturated heterocycles. The normalized spacial score (nSPS) is 22.6. The SMILES string of the molecule is CN(CC1CCOCC1)c1cccc(-c2cc(NC3CCC(N)CC3)ncc2Cl)n1. The lowest BCUT2D eigenvalue weighted by molar-refractivity contribution is 0.0685. The minimum Gasteiger partial charge on any atom is -0.381 e. The van der Waals surface area contributed by atoms with Crippen molar-refractivity contribution in [2.75, 3.05) is 37.0 Å². The molecule has 0 spiro atoms. The van der Waals surface area contributed by atoms with E-state index in [0.29, 0.717) is 23.0 Å². The Kier molecular flexibility index (Phi) is 7.08. The molecule has 2 fully saturated rings. The number of hydrogen-bond acceptors (Lipinski definition) is 6. The van der Waals surface area contributed by atoms with Gasteiger partial charge in [0.05, 0.1) is 10.7 Å². The lowest BCUT2D eigenvalue weighted by Crippen LogP contribution is -2.33. The molecule has 2 aliphatic rings. The second-order valence-corrected chi connectivity index (χ2v) is 9.03. The molecule has 1 saturated carbocycles. The van der Waals surface area contributed by atoms with Gasteiger partial charge in [-0.05, 0) is 62.6 Å². The zero-order chi connectivity index (χ0) is 20.9. The zero-order valence-corrected chi connectivity index (χ0v) is 18.4. The average Bonchev–Trinajstić information content (AvgIpc) is 2.77. The summed E-state index contributed by atoms with van der Waals surface area (Å²) in [4.78, 5) is 11.6. The average molecular weight is 430 g/mol. The van der Waals surface area contributed by atoms with E-state index in [1.165, 1.54) is 0 Å². The smallest absolute Gasteiger partial charge is 0.128 e. The van der Waals surface area contributed by atoms with Crippen LogP contribution < -0.4 is 16.0 Å². The van der Waals surface area contributed by atoms with E-state index in [-0.39, 0.29) is 0 Å². The fourth-order valence-corrected chi connectivity index (χ4v) is 4.58. The maximum atomic E-state index is 6.51. The van der Waals surface area contributed by atoms with E-state index < -0.39 is 0 Å². The summed E-state index contributed by atoms with van der Waals surface area (Å²) in [5, 5.41) is 4.17. The molecule has 0 aromatic carbocycles. The summed E-state index contributed by atoms with van der Waals surface area (Å²) >= 11 is 6.51. The molecule has 4 rings (SSSR count). The van der Waals surface area contributed by atoms with Crippen LogP contribution in [0.5, 0.6) is 0 Å². The van der Waals surface area contributed by atoms with Gasteiger partial charge in [0, 0.05) is 50.7 Å². The van der Waals surface area contributed by atoms with Gasteiger partial charge < -0.3 is 20.7 Å². The highest BCUT2D eigenvalue weighted by atomic mass is 35.5. The largest absolute Gasteiger partial charge is 0.381 e. The molecule has 162 valence electrons. The van der Waals surface area contributed by atoms with Crippen molar-refractivity contribution >= 4 is 23.2 Å². The van der Waals surface area contributed by atoms with Crippen LogP contribution in [0.3, 0.4) is 0 Å². The molecule has 3 N–H and O–H groups in total. The second-order valence-electron chi connectivity index (χ2n) is 8.62. The summed E-state index contributed by atoms with van der Waals surface area (Å²) in [6, 6.07) is 8.88. The third kappa shape index (κ3) is 5.42. The maximum absolute atomic E-state index is 6.51. The molecule has 2 aromatic rings. The molecule has 7 heteroatoms. The number of pyridine rings is 2. The Morgan fingerprint density at radius 1 is 1.17 bits per heavy atom. The Morgan fingerprint density at radius 2 is 1.93 bits per heavy atom. The number of anilines is 2. The maximum Gasteiger partial charge on any atom is 0.128 e. The van der Waals surface area contributed by atoms with Crippen LogP contribution in [0, 0.1) is 5.92 Å². The summed E-state index contributed by atoms with van der Waals surface area (Å²) in [7, 11) is 2.11. The van der Waals surface area contributed by atoms with Crippen molar-refractivity contribution in [2.24, 2.45) is 11.7 Å². The fourth-order valence-electron chi connectivity index (χ4n) is 4.38. The van der Waals surface area contributed by atoms with Gasteiger partial charge in [0.25, 0.3) is 0 Å². The molecule has 1 aliphatic heterocycles. The van der Waals surface area contributed by atoms with Crippen LogP contribution in [-0.2, 0) is 4.74 Å². The first kappa shape index (κ1) is 21.3. The molecular weight excluding hydrogens is 398 g/mol. The van der Waals surface area contributed by atoms with Crippen molar-refractivity contribution in [3.05, 3.63) is 35.5 Å². The Bertz CT molecular complexity index is 834. The molecule has 1 aliphatic carbocycles. The number of nitrogens with zero attached hydrogens (tertiary/aromatic N) is 3. The minimum atomic E-state index is 0.335. The van der Waals surface area contributed by atoms with Gasteiger partial charge >= 0.3 is 0 Å². The molecule has 6 nitrogen and oxygen atoms in total. The number of aromatic nitrogens is 2. The third-order valence-electron chi connectivity index (χ3n) is 6.25. The number of rotatable bonds is 6. The highest BCUT2D eigenvalue weighted by Gasteiger charge is 2.20. The minimum absolute atomic E-state index is 0.335. The van der Waals surface area contributed by atoms with E-state index in [1.54, 1.807) is 6.20 Å². The third-order valence-corrected chi connectivity index (χ3v) is 6.55. The van der Waals surface area contributed by atoms with E-state index in [1.807, 2.05) is 18.2 Å². The number of ether oxygens (including phenoxy) is 1. The summed E-state index contributed by atoms with van der Waals surface area (Å²) in [6.07, 6.45) is 8.20. The van der Waals surface area contributed by atoms with Gasteiger partial charge in [0.2, 0.25) is 0 Å². The van der Waals surface area contributed by atoms with Crippen molar-refractivity contribution in [3.63, 3.8) is 0 Å². The van der Waals surface area contributed by atoms with Crippen LogP contribution in [0.25, 0.3) is 11.3 Å². The summed E-state index contributed by atoms with van der Waals surface area (Å²) in [6.45, 7) is 2.71. The standard InChI is InChI=1S/C23H32ClN5O/c1-29(15-16-9-11-30-12-10-16)23-4-2-3-21(28-23)19-13-22(26-14-20(19)24)27-18-7-5-17(25)6-8-18/h2-4,13-14,16-18H,5-12,15,25H2,1H3,(H,26,27). The van der Waals surface area contributed by atoms with E-state index in [4.69, 9.17) is 27.1 Å². The van der Waals surface area contributed by atoms with Gasteiger partial charge in [0.1, 0.15) is 11.6 Å². The highest BCUT2D eigenvalue weighted by Crippen LogP contribution is 2.30. The lowest BCUT2D eigenvalue weighted by Gasteiger charge is -2.28. The Morgan fingerprint density at radius 3 is 2.70 bits per heavy atom.